The van der Waals surface area contributed by atoms with Gasteiger partial charge in [-0.1, -0.05) is 48.6 Å². The molecule has 0 atom stereocenters. The molecule has 0 aliphatic carbocycles. The molecule has 0 spiro atoms. The van der Waals surface area contributed by atoms with Crippen LogP contribution in [-0.2, 0) is 22.6 Å². The summed E-state index contributed by atoms with van der Waals surface area (Å²) in [5.41, 5.74) is 4.45. The Bertz CT molecular complexity index is 1110. The molecule has 0 unspecified atom stereocenters. The van der Waals surface area contributed by atoms with Crippen LogP contribution in [0.2, 0.25) is 0 Å². The molecule has 164 valence electrons. The molecule has 6 nitrogen and oxygen atoms in total. The van der Waals surface area contributed by atoms with Crippen LogP contribution >= 0.6 is 11.8 Å². The molecule has 0 radical (unpaired) electrons. The van der Waals surface area contributed by atoms with Crippen molar-refractivity contribution < 1.29 is 14.4 Å². The number of benzene rings is 2. The van der Waals surface area contributed by atoms with E-state index in [1.165, 1.54) is 5.56 Å². The molecule has 0 saturated carbocycles. The molecular formula is C25H25N3O3S. The van der Waals surface area contributed by atoms with E-state index in [1.807, 2.05) is 67.5 Å². The highest BCUT2D eigenvalue weighted by Crippen LogP contribution is 2.31. The summed E-state index contributed by atoms with van der Waals surface area (Å²) < 4.78 is 0. The molecule has 0 bridgehead atoms. The molecule has 3 amide bonds. The molecule has 2 aliphatic rings. The predicted octanol–water partition coefficient (Wildman–Crippen LogP) is 3.93. The maximum absolute atomic E-state index is 12.8. The van der Waals surface area contributed by atoms with E-state index in [2.05, 4.69) is 6.07 Å². The van der Waals surface area contributed by atoms with Gasteiger partial charge in [0, 0.05) is 32.9 Å². The van der Waals surface area contributed by atoms with E-state index in [0.29, 0.717) is 18.0 Å². The van der Waals surface area contributed by atoms with Crippen molar-refractivity contribution in [1.82, 2.24) is 9.80 Å². The fraction of sp³-hybridized carbons (Fsp3) is 0.240. The third-order valence-electron chi connectivity index (χ3n) is 5.60. The van der Waals surface area contributed by atoms with E-state index in [0.717, 1.165) is 39.9 Å². The number of fused-ring (bicyclic) bond motifs is 1. The van der Waals surface area contributed by atoms with Crippen LogP contribution in [0.3, 0.4) is 0 Å². The topological polar surface area (TPSA) is 60.9 Å². The second-order valence-corrected chi connectivity index (χ2v) is 8.96. The van der Waals surface area contributed by atoms with Gasteiger partial charge in [-0.15, -0.1) is 0 Å². The van der Waals surface area contributed by atoms with E-state index < -0.39 is 11.1 Å². The lowest BCUT2D eigenvalue weighted by Gasteiger charge is -2.29. The van der Waals surface area contributed by atoms with E-state index in [1.54, 1.807) is 17.1 Å². The van der Waals surface area contributed by atoms with Crippen LogP contribution in [-0.4, -0.2) is 54.0 Å². The first-order valence-corrected chi connectivity index (χ1v) is 11.3. The summed E-state index contributed by atoms with van der Waals surface area (Å²) >= 11 is 0.870. The third-order valence-corrected chi connectivity index (χ3v) is 6.52. The first-order chi connectivity index (χ1) is 15.4. The van der Waals surface area contributed by atoms with Crippen LogP contribution in [0.5, 0.6) is 0 Å². The SMILES string of the molecule is CN(C)c1ccc(/C=C/C=C2\SC(=O)N(CC(=O)N3CCc4ccccc4C3)C2=O)cc1. The number of hydrogen-bond donors (Lipinski definition) is 0. The Morgan fingerprint density at radius 2 is 1.78 bits per heavy atom. The van der Waals surface area contributed by atoms with Gasteiger partial charge >= 0.3 is 0 Å². The lowest BCUT2D eigenvalue weighted by molar-refractivity contribution is -0.136. The van der Waals surface area contributed by atoms with Gasteiger partial charge in [-0.05, 0) is 53.1 Å². The minimum absolute atomic E-state index is 0.209. The zero-order valence-corrected chi connectivity index (χ0v) is 19.0. The average molecular weight is 448 g/mol. The Balaban J connectivity index is 1.37. The molecule has 2 aromatic carbocycles. The van der Waals surface area contributed by atoms with Crippen molar-refractivity contribution in [3.63, 3.8) is 0 Å². The summed E-state index contributed by atoms with van der Waals surface area (Å²) in [7, 11) is 3.96. The highest BCUT2D eigenvalue weighted by molar-refractivity contribution is 8.18. The molecule has 1 saturated heterocycles. The molecular weight excluding hydrogens is 422 g/mol. The van der Waals surface area contributed by atoms with E-state index >= 15 is 0 Å². The van der Waals surface area contributed by atoms with Gasteiger partial charge in [0.15, 0.2) is 0 Å². The minimum atomic E-state index is -0.418. The molecule has 1 fully saturated rings. The number of carbonyl (C=O) groups excluding carboxylic acids is 3. The first-order valence-electron chi connectivity index (χ1n) is 10.5. The van der Waals surface area contributed by atoms with Crippen LogP contribution in [0.4, 0.5) is 10.5 Å². The molecule has 0 N–H and O–H groups in total. The van der Waals surface area contributed by atoms with Gasteiger partial charge in [-0.25, -0.2) is 0 Å². The van der Waals surface area contributed by atoms with Crippen molar-refractivity contribution in [3.8, 4) is 0 Å². The molecule has 32 heavy (non-hydrogen) atoms. The number of hydrogen-bond acceptors (Lipinski definition) is 5. The Labute approximate surface area is 192 Å². The lowest BCUT2D eigenvalue weighted by Crippen LogP contribution is -2.44. The number of imide groups is 1. The third kappa shape index (κ3) is 4.78. The summed E-state index contributed by atoms with van der Waals surface area (Å²) in [6.07, 6.45) is 6.05. The summed E-state index contributed by atoms with van der Waals surface area (Å²) in [4.78, 5) is 42.9. The molecule has 0 aromatic heterocycles. The van der Waals surface area contributed by atoms with Crippen molar-refractivity contribution in [2.45, 2.75) is 13.0 Å². The molecule has 2 aromatic rings. The zero-order valence-electron chi connectivity index (χ0n) is 18.2. The Morgan fingerprint density at radius 3 is 2.50 bits per heavy atom. The first kappa shape index (κ1) is 21.9. The standard InChI is InChI=1S/C25H25N3O3S/c1-26(2)21-12-10-18(11-13-21)6-5-9-22-24(30)28(25(31)32-22)17-23(29)27-15-14-19-7-3-4-8-20(19)16-27/h3-13H,14-17H2,1-2H3/b6-5+,22-9-. The Hall–Kier alpha value is -3.32. The van der Waals surface area contributed by atoms with Gasteiger partial charge in [-0.2, -0.15) is 0 Å². The molecule has 4 rings (SSSR count). The quantitative estimate of drug-likeness (QED) is 0.650. The highest BCUT2D eigenvalue weighted by Gasteiger charge is 2.37. The fourth-order valence-electron chi connectivity index (χ4n) is 3.72. The van der Waals surface area contributed by atoms with Gasteiger partial charge in [-0.3, -0.25) is 19.3 Å². The number of amides is 3. The lowest BCUT2D eigenvalue weighted by atomic mass is 10.00. The van der Waals surface area contributed by atoms with Gasteiger partial charge in [0.2, 0.25) is 5.91 Å². The Morgan fingerprint density at radius 1 is 1.06 bits per heavy atom. The van der Waals surface area contributed by atoms with Crippen LogP contribution in [0.25, 0.3) is 6.08 Å². The second-order valence-electron chi connectivity index (χ2n) is 7.97. The van der Waals surface area contributed by atoms with Gasteiger partial charge in [0.1, 0.15) is 6.54 Å². The van der Waals surface area contributed by atoms with Gasteiger partial charge in [0.25, 0.3) is 11.1 Å². The van der Waals surface area contributed by atoms with Crippen molar-refractivity contribution in [2.24, 2.45) is 0 Å². The molecule has 2 aliphatic heterocycles. The number of allylic oxidation sites excluding steroid dienone is 2. The van der Waals surface area contributed by atoms with Crippen molar-refractivity contribution in [2.75, 3.05) is 32.1 Å². The van der Waals surface area contributed by atoms with Crippen LogP contribution in [0.15, 0.2) is 65.6 Å². The van der Waals surface area contributed by atoms with Crippen molar-refractivity contribution >= 4 is 40.6 Å². The fourth-order valence-corrected chi connectivity index (χ4v) is 4.51. The summed E-state index contributed by atoms with van der Waals surface area (Å²) in [6.45, 7) is 0.882. The summed E-state index contributed by atoms with van der Waals surface area (Å²) in [5, 5.41) is -0.407. The van der Waals surface area contributed by atoms with Crippen molar-refractivity contribution in [1.29, 1.82) is 0 Å². The van der Waals surface area contributed by atoms with Crippen LogP contribution in [0, 0.1) is 0 Å². The number of anilines is 1. The summed E-state index contributed by atoms with van der Waals surface area (Å²) in [6, 6.07) is 16.0. The zero-order chi connectivity index (χ0) is 22.7. The molecule has 7 heteroatoms. The number of rotatable bonds is 5. The molecule has 2 heterocycles. The number of thioether (sulfide) groups is 1. The van der Waals surface area contributed by atoms with E-state index in [9.17, 15) is 14.4 Å². The second kappa shape index (κ2) is 9.44. The van der Waals surface area contributed by atoms with Crippen LogP contribution in [0.1, 0.15) is 16.7 Å². The average Bonchev–Trinajstić information content (AvgIpc) is 3.06. The van der Waals surface area contributed by atoms with E-state index in [4.69, 9.17) is 0 Å². The predicted molar refractivity (Wildman–Crippen MR) is 128 cm³/mol. The van der Waals surface area contributed by atoms with Gasteiger partial charge < -0.3 is 9.80 Å². The summed E-state index contributed by atoms with van der Waals surface area (Å²) in [5.74, 6) is -0.627. The minimum Gasteiger partial charge on any atom is -0.378 e. The maximum Gasteiger partial charge on any atom is 0.294 e. The normalized spacial score (nSPS) is 17.4. The van der Waals surface area contributed by atoms with Gasteiger partial charge in [0.05, 0.1) is 4.91 Å². The number of nitrogens with zero attached hydrogens (tertiary/aromatic N) is 3. The largest absolute Gasteiger partial charge is 0.378 e. The number of carbonyl (C=O) groups is 3. The Kier molecular flexibility index (Phi) is 6.46. The smallest absolute Gasteiger partial charge is 0.294 e. The van der Waals surface area contributed by atoms with Crippen LogP contribution < -0.4 is 4.90 Å². The van der Waals surface area contributed by atoms with E-state index in [-0.39, 0.29) is 12.5 Å². The monoisotopic (exact) mass is 447 g/mol. The highest BCUT2D eigenvalue weighted by atomic mass is 32.2. The maximum atomic E-state index is 12.8. The van der Waals surface area contributed by atoms with Crippen molar-refractivity contribution in [3.05, 3.63) is 82.3 Å².